The van der Waals surface area contributed by atoms with Crippen molar-refractivity contribution in [2.75, 3.05) is 11.0 Å². The number of nitrogens with one attached hydrogen (secondary N) is 1. The van der Waals surface area contributed by atoms with E-state index >= 15 is 0 Å². The third-order valence-electron chi connectivity index (χ3n) is 1.29. The van der Waals surface area contributed by atoms with E-state index in [-0.39, 0.29) is 5.69 Å². The molecule has 0 radical (unpaired) electrons. The van der Waals surface area contributed by atoms with Gasteiger partial charge in [-0.15, -0.1) is 0 Å². The second-order valence-corrected chi connectivity index (χ2v) is 6.14. The highest BCUT2D eigenvalue weighted by atomic mass is 79.9. The van der Waals surface area contributed by atoms with E-state index in [1.54, 1.807) is 6.07 Å². The van der Waals surface area contributed by atoms with E-state index < -0.39 is 15.8 Å². The van der Waals surface area contributed by atoms with Gasteiger partial charge in [-0.25, -0.2) is 12.8 Å². The molecule has 0 fully saturated rings. The molecule has 7 heteroatoms. The van der Waals surface area contributed by atoms with Crippen molar-refractivity contribution in [3.05, 3.63) is 26.9 Å². The maximum Gasteiger partial charge on any atom is 0.229 e. The van der Waals surface area contributed by atoms with E-state index in [0.717, 1.165) is 6.26 Å². The highest BCUT2D eigenvalue weighted by Gasteiger charge is 2.12. The Morgan fingerprint density at radius 3 is 2.36 bits per heavy atom. The van der Waals surface area contributed by atoms with Crippen molar-refractivity contribution < 1.29 is 12.8 Å². The number of anilines is 1. The molecule has 0 aliphatic heterocycles. The predicted octanol–water partition coefficient (Wildman–Crippen LogP) is 2.72. The quantitative estimate of drug-likeness (QED) is 0.894. The Labute approximate surface area is 98.0 Å². The van der Waals surface area contributed by atoms with Crippen LogP contribution in [-0.2, 0) is 10.0 Å². The van der Waals surface area contributed by atoms with Crippen molar-refractivity contribution in [2.24, 2.45) is 0 Å². The molecule has 0 aliphatic carbocycles. The molecule has 0 heterocycles. The van der Waals surface area contributed by atoms with Crippen LogP contribution in [0.5, 0.6) is 0 Å². The topological polar surface area (TPSA) is 46.2 Å². The van der Waals surface area contributed by atoms with Gasteiger partial charge in [-0.1, -0.05) is 15.9 Å². The second kappa shape index (κ2) is 4.16. The van der Waals surface area contributed by atoms with E-state index in [2.05, 4.69) is 36.6 Å². The largest absolute Gasteiger partial charge is 0.280 e. The summed E-state index contributed by atoms with van der Waals surface area (Å²) in [5, 5.41) is 0. The second-order valence-electron chi connectivity index (χ2n) is 2.62. The van der Waals surface area contributed by atoms with Crippen LogP contribution in [0.15, 0.2) is 21.1 Å². The maximum atomic E-state index is 13.3. The van der Waals surface area contributed by atoms with Crippen LogP contribution < -0.4 is 4.72 Å². The summed E-state index contributed by atoms with van der Waals surface area (Å²) in [5.41, 5.74) is -0.0873. The van der Waals surface area contributed by atoms with Gasteiger partial charge in [0.25, 0.3) is 0 Å². The molecule has 0 amide bonds. The van der Waals surface area contributed by atoms with E-state index in [1.807, 2.05) is 0 Å². The summed E-state index contributed by atoms with van der Waals surface area (Å²) in [4.78, 5) is 0. The fourth-order valence-electron chi connectivity index (χ4n) is 0.825. The van der Waals surface area contributed by atoms with Gasteiger partial charge in [0, 0.05) is 8.95 Å². The van der Waals surface area contributed by atoms with Crippen molar-refractivity contribution in [1.82, 2.24) is 0 Å². The van der Waals surface area contributed by atoms with Gasteiger partial charge in [-0.2, -0.15) is 0 Å². The fourth-order valence-corrected chi connectivity index (χ4v) is 2.81. The summed E-state index contributed by atoms with van der Waals surface area (Å²) in [5.74, 6) is -0.642. The zero-order chi connectivity index (χ0) is 10.9. The molecule has 3 nitrogen and oxygen atoms in total. The molecule has 1 rings (SSSR count). The summed E-state index contributed by atoms with van der Waals surface area (Å²) in [6.45, 7) is 0. The summed E-state index contributed by atoms with van der Waals surface area (Å²) >= 11 is 6.13. The van der Waals surface area contributed by atoms with Crippen LogP contribution in [0.2, 0.25) is 0 Å². The number of sulfonamides is 1. The van der Waals surface area contributed by atoms with Crippen LogP contribution in [-0.4, -0.2) is 14.7 Å². The summed E-state index contributed by atoms with van der Waals surface area (Å²) in [6, 6.07) is 2.73. The number of benzene rings is 1. The number of halogens is 3. The summed E-state index contributed by atoms with van der Waals surface area (Å²) in [6.07, 6.45) is 0.959. The lowest BCUT2D eigenvalue weighted by Crippen LogP contribution is -2.11. The highest BCUT2D eigenvalue weighted by Crippen LogP contribution is 2.29. The van der Waals surface area contributed by atoms with Crippen LogP contribution in [0.1, 0.15) is 0 Å². The molecule has 0 spiro atoms. The van der Waals surface area contributed by atoms with Gasteiger partial charge in [0.1, 0.15) is 5.82 Å². The van der Waals surface area contributed by atoms with Crippen molar-refractivity contribution in [3.8, 4) is 0 Å². The monoisotopic (exact) mass is 345 g/mol. The molecule has 0 atom stereocenters. The molecule has 0 aliphatic rings. The molecule has 0 saturated heterocycles. The first-order valence-corrected chi connectivity index (χ1v) is 6.89. The minimum absolute atomic E-state index is 0.0873. The third kappa shape index (κ3) is 3.21. The molecular weight excluding hydrogens is 341 g/mol. The lowest BCUT2D eigenvalue weighted by molar-refractivity contribution is 0.603. The minimum Gasteiger partial charge on any atom is -0.280 e. The Morgan fingerprint density at radius 2 is 1.93 bits per heavy atom. The smallest absolute Gasteiger partial charge is 0.229 e. The van der Waals surface area contributed by atoms with Gasteiger partial charge >= 0.3 is 0 Å². The number of hydrogen-bond donors (Lipinski definition) is 1. The van der Waals surface area contributed by atoms with Crippen molar-refractivity contribution >= 4 is 47.6 Å². The van der Waals surface area contributed by atoms with Crippen molar-refractivity contribution in [2.45, 2.75) is 0 Å². The molecule has 0 saturated carbocycles. The first-order valence-electron chi connectivity index (χ1n) is 3.42. The predicted molar refractivity (Wildman–Crippen MR) is 60.3 cm³/mol. The van der Waals surface area contributed by atoms with Gasteiger partial charge in [0.05, 0.1) is 11.9 Å². The zero-order valence-electron chi connectivity index (χ0n) is 7.01. The summed E-state index contributed by atoms with van der Waals surface area (Å²) < 4.78 is 38.0. The molecule has 0 unspecified atom stereocenters. The van der Waals surface area contributed by atoms with Crippen molar-refractivity contribution in [1.29, 1.82) is 0 Å². The molecule has 0 aromatic heterocycles. The molecule has 1 N–H and O–H groups in total. The van der Waals surface area contributed by atoms with Crippen LogP contribution in [0.4, 0.5) is 10.1 Å². The molecule has 1 aromatic rings. The summed E-state index contributed by atoms with van der Waals surface area (Å²) in [7, 11) is -3.47. The average molecular weight is 347 g/mol. The van der Waals surface area contributed by atoms with Gasteiger partial charge in [-0.3, -0.25) is 4.72 Å². The Kier molecular flexibility index (Phi) is 3.54. The average Bonchev–Trinajstić information content (AvgIpc) is 1.95. The Bertz CT molecular complexity index is 438. The number of hydrogen-bond acceptors (Lipinski definition) is 2. The van der Waals surface area contributed by atoms with E-state index in [0.29, 0.717) is 8.95 Å². The first kappa shape index (κ1) is 11.9. The van der Waals surface area contributed by atoms with Crippen LogP contribution >= 0.6 is 31.9 Å². The molecular formula is C7H6Br2FNO2S. The third-order valence-corrected chi connectivity index (χ3v) is 2.95. The van der Waals surface area contributed by atoms with Gasteiger partial charge in [0.15, 0.2) is 0 Å². The number of rotatable bonds is 2. The lowest BCUT2D eigenvalue weighted by atomic mass is 10.3. The first-order chi connectivity index (χ1) is 6.29. The zero-order valence-corrected chi connectivity index (χ0v) is 11.0. The Hall–Kier alpha value is -0.140. The van der Waals surface area contributed by atoms with Crippen LogP contribution in [0.3, 0.4) is 0 Å². The minimum atomic E-state index is -3.47. The standard InChI is InChI=1S/C7H6Br2FNO2S/c1-14(12,13)11-7-5(9)2-4(8)3-6(7)10/h2-3,11H,1H3. The van der Waals surface area contributed by atoms with Crippen molar-refractivity contribution in [3.63, 3.8) is 0 Å². The lowest BCUT2D eigenvalue weighted by Gasteiger charge is -2.07. The highest BCUT2D eigenvalue weighted by molar-refractivity contribution is 9.11. The van der Waals surface area contributed by atoms with Gasteiger partial charge in [0.2, 0.25) is 10.0 Å². The van der Waals surface area contributed by atoms with Crippen LogP contribution in [0.25, 0.3) is 0 Å². The normalized spacial score (nSPS) is 11.4. The molecule has 14 heavy (non-hydrogen) atoms. The Morgan fingerprint density at radius 1 is 1.36 bits per heavy atom. The maximum absolute atomic E-state index is 13.3. The Balaban J connectivity index is 3.22. The molecule has 1 aromatic carbocycles. The molecule has 78 valence electrons. The van der Waals surface area contributed by atoms with E-state index in [1.165, 1.54) is 6.07 Å². The SMILES string of the molecule is CS(=O)(=O)Nc1c(F)cc(Br)cc1Br. The fraction of sp³-hybridized carbons (Fsp3) is 0.143. The molecule has 0 bridgehead atoms. The van der Waals surface area contributed by atoms with E-state index in [9.17, 15) is 12.8 Å². The van der Waals surface area contributed by atoms with Gasteiger partial charge in [-0.05, 0) is 28.1 Å². The van der Waals surface area contributed by atoms with E-state index in [4.69, 9.17) is 0 Å². The van der Waals surface area contributed by atoms with Crippen LogP contribution in [0, 0.1) is 5.82 Å². The van der Waals surface area contributed by atoms with Gasteiger partial charge < -0.3 is 0 Å².